The molecule has 6 aromatic rings. The highest BCUT2D eigenvalue weighted by molar-refractivity contribution is 9.09. The Labute approximate surface area is 359 Å². The van der Waals surface area contributed by atoms with Gasteiger partial charge < -0.3 is 26.6 Å². The SMILES string of the molecule is CCO[Si](CCc1cccc(SSSc2cccc(CC[Si](OCC)(OCC)OCC)c2-c2nc3ccccc3s2)c1-c1nc2ccccc2s1)(OCC)OCC. The van der Waals surface area contributed by atoms with Crippen LogP contribution < -0.4 is 0 Å². The second-order valence-electron chi connectivity index (χ2n) is 12.8. The summed E-state index contributed by atoms with van der Waals surface area (Å²) in [6, 6.07) is 31.3. The van der Waals surface area contributed by atoms with Crippen molar-refractivity contribution in [2.75, 3.05) is 39.6 Å². The van der Waals surface area contributed by atoms with Gasteiger partial charge in [0.2, 0.25) is 0 Å². The van der Waals surface area contributed by atoms with Crippen LogP contribution in [0.1, 0.15) is 52.7 Å². The monoisotopic (exact) mass is 896 g/mol. The Balaban J connectivity index is 1.33. The van der Waals surface area contributed by atoms with E-state index in [2.05, 4.69) is 84.9 Å². The van der Waals surface area contributed by atoms with Crippen LogP contribution in [0.2, 0.25) is 12.1 Å². The summed E-state index contributed by atoms with van der Waals surface area (Å²) in [4.78, 5) is 12.7. The molecule has 304 valence electrons. The molecule has 2 aromatic heterocycles. The Morgan fingerprint density at radius 2 is 0.842 bits per heavy atom. The van der Waals surface area contributed by atoms with Gasteiger partial charge in [0.05, 0.1) is 20.4 Å². The van der Waals surface area contributed by atoms with Gasteiger partial charge in [-0.15, -0.1) is 22.7 Å². The lowest BCUT2D eigenvalue weighted by molar-refractivity contribution is 0.0706. The minimum atomic E-state index is -2.87. The summed E-state index contributed by atoms with van der Waals surface area (Å²) in [5.74, 6) is 0. The van der Waals surface area contributed by atoms with Crippen LogP contribution in [0.4, 0.5) is 0 Å². The predicted octanol–water partition coefficient (Wildman–Crippen LogP) is 12.9. The molecule has 6 rings (SSSR count). The van der Waals surface area contributed by atoms with Crippen molar-refractivity contribution in [1.82, 2.24) is 9.97 Å². The molecular weight excluding hydrogens is 845 g/mol. The predicted molar refractivity (Wildman–Crippen MR) is 248 cm³/mol. The van der Waals surface area contributed by atoms with E-state index in [1.807, 2.05) is 41.5 Å². The number of benzene rings is 4. The molecule has 0 amide bonds. The first kappa shape index (κ1) is 44.5. The van der Waals surface area contributed by atoms with Gasteiger partial charge >= 0.3 is 17.6 Å². The molecule has 8 nitrogen and oxygen atoms in total. The average Bonchev–Trinajstić information content (AvgIpc) is 3.85. The summed E-state index contributed by atoms with van der Waals surface area (Å²) in [5, 5.41) is 2.03. The van der Waals surface area contributed by atoms with Crippen molar-refractivity contribution in [2.45, 2.75) is 76.3 Å². The van der Waals surface area contributed by atoms with E-state index in [-0.39, 0.29) is 0 Å². The molecule has 0 saturated heterocycles. The Morgan fingerprint density at radius 1 is 0.474 bits per heavy atom. The molecule has 0 N–H and O–H groups in total. The minimum Gasteiger partial charge on any atom is -0.374 e. The van der Waals surface area contributed by atoms with Gasteiger partial charge in [0.15, 0.2) is 0 Å². The van der Waals surface area contributed by atoms with Crippen LogP contribution in [0.25, 0.3) is 41.6 Å². The first-order valence-electron chi connectivity index (χ1n) is 19.7. The van der Waals surface area contributed by atoms with E-state index in [4.69, 9.17) is 36.5 Å². The fourth-order valence-corrected chi connectivity index (χ4v) is 18.3. The lowest BCUT2D eigenvalue weighted by Crippen LogP contribution is -2.46. The summed E-state index contributed by atoms with van der Waals surface area (Å²) in [6.45, 7) is 15.4. The molecular formula is C42H52N2O6S5Si2. The molecule has 0 aliphatic carbocycles. The van der Waals surface area contributed by atoms with Crippen molar-refractivity contribution in [3.8, 4) is 21.1 Å². The zero-order valence-electron chi connectivity index (χ0n) is 33.5. The molecule has 0 atom stereocenters. The van der Waals surface area contributed by atoms with Gasteiger partial charge in [0.1, 0.15) is 10.0 Å². The third-order valence-electron chi connectivity index (χ3n) is 9.07. The molecule has 15 heteroatoms. The van der Waals surface area contributed by atoms with Crippen molar-refractivity contribution in [3.05, 3.63) is 96.1 Å². The largest absolute Gasteiger partial charge is 0.501 e. The first-order valence-corrected chi connectivity index (χ1v) is 28.7. The van der Waals surface area contributed by atoms with Crippen LogP contribution in [0, 0.1) is 0 Å². The summed E-state index contributed by atoms with van der Waals surface area (Å²) in [7, 11) is -0.438. The van der Waals surface area contributed by atoms with Crippen molar-refractivity contribution in [2.24, 2.45) is 0 Å². The molecule has 0 bridgehead atoms. The second kappa shape index (κ2) is 22.0. The van der Waals surface area contributed by atoms with E-state index in [0.29, 0.717) is 51.7 Å². The van der Waals surface area contributed by atoms with E-state index < -0.39 is 17.6 Å². The van der Waals surface area contributed by atoms with Gasteiger partial charge in [-0.3, -0.25) is 0 Å². The zero-order chi connectivity index (χ0) is 40.1. The van der Waals surface area contributed by atoms with Crippen LogP contribution in [0.5, 0.6) is 0 Å². The van der Waals surface area contributed by atoms with Gasteiger partial charge in [-0.1, -0.05) is 48.5 Å². The first-order chi connectivity index (χ1) is 27.9. The molecule has 0 spiro atoms. The molecule has 0 unspecified atom stereocenters. The molecule has 0 aliphatic heterocycles. The number of rotatable bonds is 24. The Morgan fingerprint density at radius 3 is 1.19 bits per heavy atom. The Kier molecular flexibility index (Phi) is 17.1. The molecule has 0 saturated carbocycles. The third kappa shape index (κ3) is 11.2. The van der Waals surface area contributed by atoms with Crippen LogP contribution in [-0.2, 0) is 39.4 Å². The maximum atomic E-state index is 6.26. The van der Waals surface area contributed by atoms with E-state index in [1.54, 1.807) is 54.1 Å². The molecule has 0 radical (unpaired) electrons. The van der Waals surface area contributed by atoms with Gasteiger partial charge in [0, 0.05) is 72.6 Å². The highest BCUT2D eigenvalue weighted by atomic mass is 33.5. The van der Waals surface area contributed by atoms with Crippen molar-refractivity contribution >= 4 is 92.1 Å². The van der Waals surface area contributed by atoms with E-state index in [1.165, 1.54) is 30.3 Å². The quantitative estimate of drug-likeness (QED) is 0.0430. The number of hydrogen-bond acceptors (Lipinski definition) is 13. The fourth-order valence-electron chi connectivity index (χ4n) is 6.82. The number of nitrogens with zero attached hydrogens (tertiary/aromatic N) is 2. The summed E-state index contributed by atoms with van der Waals surface area (Å²) in [6.07, 6.45) is 1.51. The molecule has 0 aliphatic rings. The van der Waals surface area contributed by atoms with Gasteiger partial charge in [-0.25, -0.2) is 9.97 Å². The average molecular weight is 897 g/mol. The lowest BCUT2D eigenvalue weighted by atomic mass is 10.1. The number of aromatic nitrogens is 2. The molecule has 4 aromatic carbocycles. The van der Waals surface area contributed by atoms with Crippen LogP contribution in [0.15, 0.2) is 94.7 Å². The maximum absolute atomic E-state index is 6.26. The molecule has 2 heterocycles. The fraction of sp³-hybridized carbons (Fsp3) is 0.381. The maximum Gasteiger partial charge on any atom is 0.501 e. The lowest BCUT2D eigenvalue weighted by Gasteiger charge is -2.28. The number of thiazole rings is 2. The number of para-hydroxylation sites is 2. The summed E-state index contributed by atoms with van der Waals surface area (Å²) in [5.41, 5.74) is 6.76. The van der Waals surface area contributed by atoms with Gasteiger partial charge in [-0.05, 0) is 133 Å². The highest BCUT2D eigenvalue weighted by Crippen LogP contribution is 2.52. The van der Waals surface area contributed by atoms with E-state index in [0.717, 1.165) is 45.0 Å². The third-order valence-corrected chi connectivity index (χ3v) is 21.2. The molecule has 57 heavy (non-hydrogen) atoms. The Bertz CT molecular complexity index is 1930. The van der Waals surface area contributed by atoms with Crippen molar-refractivity contribution in [3.63, 3.8) is 0 Å². The topological polar surface area (TPSA) is 81.2 Å². The smallest absolute Gasteiger partial charge is 0.374 e. The van der Waals surface area contributed by atoms with Crippen LogP contribution >= 0.6 is 54.1 Å². The Hall–Kier alpha value is -2.10. The molecule has 0 fully saturated rings. The van der Waals surface area contributed by atoms with Gasteiger partial charge in [-0.2, -0.15) is 0 Å². The highest BCUT2D eigenvalue weighted by Gasteiger charge is 2.41. The second-order valence-corrected chi connectivity index (χ2v) is 24.3. The number of aryl methyl sites for hydroxylation is 2. The van der Waals surface area contributed by atoms with E-state index in [9.17, 15) is 0 Å². The summed E-state index contributed by atoms with van der Waals surface area (Å²) >= 11 is 3.47. The van der Waals surface area contributed by atoms with Crippen molar-refractivity contribution < 1.29 is 26.6 Å². The minimum absolute atomic E-state index is 0.551. The number of hydrogen-bond donors (Lipinski definition) is 0. The normalized spacial score (nSPS) is 12.3. The van der Waals surface area contributed by atoms with E-state index >= 15 is 0 Å². The standard InChI is InChI=1S/C42H52N2O6S5Si2/c1-7-45-56(46-8-2,47-9-3)29-27-31-19-17-25-37(39(31)41-43-33-21-13-15-23-35(33)51-41)53-55-54-38-26-18-20-32(28-30-57(48-10-4,49-11-5)50-12-6)40(38)42-44-34-22-14-16-24-36(34)52-42/h13-26H,7-12,27-30H2,1-6H3. The summed E-state index contributed by atoms with van der Waals surface area (Å²) < 4.78 is 39.9. The number of fused-ring (bicyclic) bond motifs is 2. The zero-order valence-corrected chi connectivity index (χ0v) is 39.6. The van der Waals surface area contributed by atoms with Crippen molar-refractivity contribution in [1.29, 1.82) is 0 Å². The van der Waals surface area contributed by atoms with Crippen LogP contribution in [0.3, 0.4) is 0 Å². The van der Waals surface area contributed by atoms with Gasteiger partial charge in [0.25, 0.3) is 0 Å². The van der Waals surface area contributed by atoms with Crippen LogP contribution in [-0.4, -0.2) is 67.2 Å².